The van der Waals surface area contributed by atoms with Crippen LogP contribution in [0.25, 0.3) is 10.8 Å². The van der Waals surface area contributed by atoms with E-state index in [2.05, 4.69) is 10.4 Å². The molecule has 1 N–H and O–H groups in total. The van der Waals surface area contributed by atoms with Crippen LogP contribution in [0.3, 0.4) is 0 Å². The second-order valence-electron chi connectivity index (χ2n) is 6.51. The first-order valence-corrected chi connectivity index (χ1v) is 10.1. The van der Waals surface area contributed by atoms with Crippen LogP contribution in [-0.4, -0.2) is 40.4 Å². The summed E-state index contributed by atoms with van der Waals surface area (Å²) in [6.07, 6.45) is 4.99. The smallest absolute Gasteiger partial charge is 0.274 e. The average Bonchev–Trinajstić information content (AvgIpc) is 3.19. The topological polar surface area (TPSA) is 73.2 Å². The Kier molecular flexibility index (Phi) is 6.68. The number of hydrogen-bond acceptors (Lipinski definition) is 5. The predicted molar refractivity (Wildman–Crippen MR) is 104 cm³/mol. The molecule has 0 unspecified atom stereocenters. The van der Waals surface area contributed by atoms with Gasteiger partial charge < -0.3 is 10.1 Å². The molecule has 1 aromatic carbocycles. The minimum atomic E-state index is -0.135. The Morgan fingerprint density at radius 3 is 2.77 bits per heavy atom. The van der Waals surface area contributed by atoms with E-state index in [0.717, 1.165) is 5.39 Å². The lowest BCUT2D eigenvalue weighted by Crippen LogP contribution is -2.30. The number of nitrogens with one attached hydrogen (secondary N) is 1. The fourth-order valence-corrected chi connectivity index (χ4v) is 4.40. The highest BCUT2D eigenvalue weighted by atomic mass is 32.2. The molecule has 26 heavy (non-hydrogen) atoms. The third-order valence-corrected chi connectivity index (χ3v) is 6.03. The maximum atomic E-state index is 12.5. The number of thioether (sulfide) groups is 1. The van der Waals surface area contributed by atoms with Crippen LogP contribution in [-0.2, 0) is 22.6 Å². The zero-order chi connectivity index (χ0) is 18.4. The van der Waals surface area contributed by atoms with Crippen LogP contribution >= 0.6 is 11.8 Å². The molecular weight excluding hydrogens is 350 g/mol. The van der Waals surface area contributed by atoms with E-state index in [0.29, 0.717) is 41.8 Å². The van der Waals surface area contributed by atoms with Crippen LogP contribution in [0, 0.1) is 0 Å². The van der Waals surface area contributed by atoms with Crippen molar-refractivity contribution in [2.45, 2.75) is 44.0 Å². The third kappa shape index (κ3) is 4.65. The largest absolute Gasteiger partial charge is 0.383 e. The Morgan fingerprint density at radius 2 is 2.04 bits per heavy atom. The molecule has 1 aliphatic rings. The van der Waals surface area contributed by atoms with Gasteiger partial charge in [0.15, 0.2) is 0 Å². The second kappa shape index (κ2) is 9.19. The first-order chi connectivity index (χ1) is 12.7. The second-order valence-corrected chi connectivity index (χ2v) is 7.80. The van der Waals surface area contributed by atoms with Gasteiger partial charge in [-0.05, 0) is 18.9 Å². The van der Waals surface area contributed by atoms with Gasteiger partial charge in [-0.3, -0.25) is 9.59 Å². The van der Waals surface area contributed by atoms with Gasteiger partial charge in [0.2, 0.25) is 5.91 Å². The molecule has 140 valence electrons. The van der Waals surface area contributed by atoms with Gasteiger partial charge in [-0.2, -0.15) is 5.10 Å². The quantitative estimate of drug-likeness (QED) is 0.767. The lowest BCUT2D eigenvalue weighted by atomic mass is 10.1. The van der Waals surface area contributed by atoms with Crippen molar-refractivity contribution in [3.63, 3.8) is 0 Å². The number of carbonyl (C=O) groups is 1. The molecule has 0 atom stereocenters. The standard InChI is InChI=1S/C19H25N3O3S/c1-25-11-10-22-19(24)16-9-5-4-8-15(16)17(21-22)12-20-18(23)13-26-14-6-2-3-7-14/h4-5,8-9,14H,2-3,6-7,10-13H2,1H3,(H,20,23). The summed E-state index contributed by atoms with van der Waals surface area (Å²) in [4.78, 5) is 24.7. The summed E-state index contributed by atoms with van der Waals surface area (Å²) in [6, 6.07) is 7.39. The molecule has 1 aliphatic carbocycles. The molecule has 0 bridgehead atoms. The SMILES string of the molecule is COCCn1nc(CNC(=O)CSC2CCCC2)c2ccccc2c1=O. The van der Waals surface area contributed by atoms with Crippen molar-refractivity contribution >= 4 is 28.4 Å². The van der Waals surface area contributed by atoms with Gasteiger partial charge in [0.05, 0.1) is 36.5 Å². The zero-order valence-corrected chi connectivity index (χ0v) is 15.9. The van der Waals surface area contributed by atoms with Gasteiger partial charge in [0.1, 0.15) is 0 Å². The highest BCUT2D eigenvalue weighted by molar-refractivity contribution is 8.00. The average molecular weight is 375 g/mol. The normalized spacial score (nSPS) is 14.8. The summed E-state index contributed by atoms with van der Waals surface area (Å²) in [6.45, 7) is 1.12. The lowest BCUT2D eigenvalue weighted by molar-refractivity contribution is -0.118. The van der Waals surface area contributed by atoms with Crippen LogP contribution in [0.1, 0.15) is 31.4 Å². The van der Waals surface area contributed by atoms with Crippen molar-refractivity contribution in [3.05, 3.63) is 40.3 Å². The first kappa shape index (κ1) is 18.9. The van der Waals surface area contributed by atoms with Crippen molar-refractivity contribution in [1.82, 2.24) is 15.1 Å². The molecule has 6 nitrogen and oxygen atoms in total. The van der Waals surface area contributed by atoms with Crippen LogP contribution in [0.4, 0.5) is 0 Å². The first-order valence-electron chi connectivity index (χ1n) is 9.05. The highest BCUT2D eigenvalue weighted by Gasteiger charge is 2.17. The number of nitrogens with zero attached hydrogens (tertiary/aromatic N) is 2. The summed E-state index contributed by atoms with van der Waals surface area (Å²) < 4.78 is 6.48. The Labute approximate surface area is 157 Å². The minimum absolute atomic E-state index is 0.0161. The van der Waals surface area contributed by atoms with E-state index < -0.39 is 0 Å². The number of aromatic nitrogens is 2. The fraction of sp³-hybridized carbons (Fsp3) is 0.526. The Hall–Kier alpha value is -1.86. The van der Waals surface area contributed by atoms with Gasteiger partial charge in [0.25, 0.3) is 5.56 Å². The number of amides is 1. The number of fused-ring (bicyclic) bond motifs is 1. The van der Waals surface area contributed by atoms with Crippen molar-refractivity contribution in [2.75, 3.05) is 19.5 Å². The summed E-state index contributed by atoms with van der Waals surface area (Å²) >= 11 is 1.74. The number of hydrogen-bond donors (Lipinski definition) is 1. The van der Waals surface area contributed by atoms with Gasteiger partial charge in [0, 0.05) is 17.7 Å². The molecule has 7 heteroatoms. The number of ether oxygens (including phenoxy) is 1. The van der Waals surface area contributed by atoms with E-state index in [1.165, 1.54) is 30.4 Å². The number of benzene rings is 1. The Bertz CT molecular complexity index is 815. The molecule has 1 saturated carbocycles. The van der Waals surface area contributed by atoms with Crippen LogP contribution < -0.4 is 10.9 Å². The number of rotatable bonds is 8. The number of carbonyl (C=O) groups excluding carboxylic acids is 1. The van der Waals surface area contributed by atoms with Gasteiger partial charge in [-0.1, -0.05) is 31.0 Å². The van der Waals surface area contributed by atoms with E-state index in [9.17, 15) is 9.59 Å². The summed E-state index contributed by atoms with van der Waals surface area (Å²) in [5.74, 6) is 0.494. The molecule has 2 aromatic rings. The van der Waals surface area contributed by atoms with Gasteiger partial charge >= 0.3 is 0 Å². The van der Waals surface area contributed by atoms with Crippen molar-refractivity contribution in [1.29, 1.82) is 0 Å². The molecule has 1 fully saturated rings. The molecule has 3 rings (SSSR count). The maximum Gasteiger partial charge on any atom is 0.274 e. The Balaban J connectivity index is 1.70. The van der Waals surface area contributed by atoms with Crippen LogP contribution in [0.2, 0.25) is 0 Å². The van der Waals surface area contributed by atoms with Crippen LogP contribution in [0.15, 0.2) is 29.1 Å². The summed E-state index contributed by atoms with van der Waals surface area (Å²) in [5.41, 5.74) is 0.569. The number of methoxy groups -OCH3 is 1. The van der Waals surface area contributed by atoms with Crippen molar-refractivity contribution in [3.8, 4) is 0 Å². The lowest BCUT2D eigenvalue weighted by Gasteiger charge is -2.12. The van der Waals surface area contributed by atoms with Gasteiger partial charge in [-0.25, -0.2) is 4.68 Å². The van der Waals surface area contributed by atoms with E-state index in [1.807, 2.05) is 18.2 Å². The van der Waals surface area contributed by atoms with Crippen molar-refractivity contribution < 1.29 is 9.53 Å². The van der Waals surface area contributed by atoms with Crippen LogP contribution in [0.5, 0.6) is 0 Å². The predicted octanol–water partition coefficient (Wildman–Crippen LogP) is 2.33. The maximum absolute atomic E-state index is 12.5. The summed E-state index contributed by atoms with van der Waals surface area (Å²) in [5, 5.41) is 9.42. The minimum Gasteiger partial charge on any atom is -0.383 e. The third-order valence-electron chi connectivity index (χ3n) is 4.66. The van der Waals surface area contributed by atoms with E-state index >= 15 is 0 Å². The Morgan fingerprint density at radius 1 is 1.31 bits per heavy atom. The van der Waals surface area contributed by atoms with E-state index in [-0.39, 0.29) is 11.5 Å². The highest BCUT2D eigenvalue weighted by Crippen LogP contribution is 2.29. The van der Waals surface area contributed by atoms with E-state index in [1.54, 1.807) is 24.9 Å². The van der Waals surface area contributed by atoms with Gasteiger partial charge in [-0.15, -0.1) is 11.8 Å². The summed E-state index contributed by atoms with van der Waals surface area (Å²) in [7, 11) is 1.59. The fourth-order valence-electron chi connectivity index (χ4n) is 3.25. The molecule has 0 saturated heterocycles. The zero-order valence-electron chi connectivity index (χ0n) is 15.1. The monoisotopic (exact) mass is 375 g/mol. The molecule has 0 spiro atoms. The molecule has 1 aromatic heterocycles. The molecule has 0 aliphatic heterocycles. The van der Waals surface area contributed by atoms with Crippen molar-refractivity contribution in [2.24, 2.45) is 0 Å². The molecule has 1 heterocycles. The molecule has 0 radical (unpaired) electrons. The molecule has 1 amide bonds. The van der Waals surface area contributed by atoms with E-state index in [4.69, 9.17) is 4.74 Å². The molecular formula is C19H25N3O3S.